The Morgan fingerprint density at radius 3 is 2.15 bits per heavy atom. The SMILES string of the molecule is Cc1ccc(CC(=O)C2(C(=O)Cc3ccc(C(C)C)cc3F)CC2)cc1. The van der Waals surface area contributed by atoms with Crippen LogP contribution in [-0.4, -0.2) is 11.6 Å². The lowest BCUT2D eigenvalue weighted by molar-refractivity contribution is -0.133. The number of benzene rings is 2. The van der Waals surface area contributed by atoms with E-state index in [1.165, 1.54) is 6.07 Å². The zero-order valence-electron chi connectivity index (χ0n) is 15.6. The van der Waals surface area contributed by atoms with Crippen molar-refractivity contribution in [1.82, 2.24) is 0 Å². The first-order chi connectivity index (χ1) is 12.3. The van der Waals surface area contributed by atoms with Gasteiger partial charge < -0.3 is 0 Å². The summed E-state index contributed by atoms with van der Waals surface area (Å²) in [6.07, 6.45) is 1.43. The molecule has 2 nitrogen and oxygen atoms in total. The lowest BCUT2D eigenvalue weighted by Crippen LogP contribution is -2.29. The Bertz CT molecular complexity index is 830. The summed E-state index contributed by atoms with van der Waals surface area (Å²) in [5.41, 5.74) is 2.46. The van der Waals surface area contributed by atoms with Crippen LogP contribution in [0.25, 0.3) is 0 Å². The molecule has 1 aliphatic carbocycles. The number of aryl methyl sites for hydroxylation is 1. The summed E-state index contributed by atoms with van der Waals surface area (Å²) in [6, 6.07) is 12.8. The van der Waals surface area contributed by atoms with E-state index in [9.17, 15) is 14.0 Å². The molecule has 0 aromatic heterocycles. The van der Waals surface area contributed by atoms with E-state index in [1.807, 2.05) is 51.1 Å². The standard InChI is InChI=1S/C23H25FO2/c1-15(2)18-8-9-19(20(24)13-18)14-22(26)23(10-11-23)21(25)12-17-6-4-16(3)5-7-17/h4-9,13,15H,10-12,14H2,1-3H3. The minimum Gasteiger partial charge on any atom is -0.298 e. The van der Waals surface area contributed by atoms with Gasteiger partial charge in [0.15, 0.2) is 11.6 Å². The topological polar surface area (TPSA) is 34.1 Å². The molecule has 0 spiro atoms. The highest BCUT2D eigenvalue weighted by Gasteiger charge is 2.54. The Balaban J connectivity index is 1.70. The van der Waals surface area contributed by atoms with Crippen LogP contribution in [0.4, 0.5) is 4.39 Å². The molecule has 0 unspecified atom stereocenters. The van der Waals surface area contributed by atoms with Crippen molar-refractivity contribution < 1.29 is 14.0 Å². The summed E-state index contributed by atoms with van der Waals surface area (Å²) in [7, 11) is 0. The lowest BCUT2D eigenvalue weighted by Gasteiger charge is -2.14. The van der Waals surface area contributed by atoms with E-state index in [0.29, 0.717) is 18.4 Å². The van der Waals surface area contributed by atoms with Gasteiger partial charge in [-0.2, -0.15) is 0 Å². The minimum absolute atomic E-state index is 0.0101. The van der Waals surface area contributed by atoms with Gasteiger partial charge in [0.2, 0.25) is 0 Å². The molecule has 136 valence electrons. The van der Waals surface area contributed by atoms with Gasteiger partial charge in [0, 0.05) is 12.8 Å². The van der Waals surface area contributed by atoms with Crippen LogP contribution in [0.3, 0.4) is 0 Å². The van der Waals surface area contributed by atoms with Crippen molar-refractivity contribution in [3.8, 4) is 0 Å². The van der Waals surface area contributed by atoms with E-state index < -0.39 is 5.41 Å². The second-order valence-corrected chi connectivity index (χ2v) is 7.77. The first-order valence-corrected chi connectivity index (χ1v) is 9.22. The summed E-state index contributed by atoms with van der Waals surface area (Å²) in [5, 5.41) is 0. The highest BCUT2D eigenvalue weighted by molar-refractivity contribution is 6.10. The third kappa shape index (κ3) is 3.77. The Morgan fingerprint density at radius 1 is 1.00 bits per heavy atom. The number of rotatable bonds is 7. The smallest absolute Gasteiger partial charge is 0.150 e. The maximum atomic E-state index is 14.3. The van der Waals surface area contributed by atoms with Crippen LogP contribution in [0.5, 0.6) is 0 Å². The maximum Gasteiger partial charge on any atom is 0.150 e. The first kappa shape index (κ1) is 18.5. The normalized spacial score (nSPS) is 15.1. The zero-order chi connectivity index (χ0) is 18.9. The Labute approximate surface area is 154 Å². The fourth-order valence-corrected chi connectivity index (χ4v) is 3.31. The van der Waals surface area contributed by atoms with Gasteiger partial charge in [0.05, 0.1) is 5.41 Å². The van der Waals surface area contributed by atoms with Gasteiger partial charge in [-0.25, -0.2) is 4.39 Å². The van der Waals surface area contributed by atoms with Crippen molar-refractivity contribution in [3.05, 3.63) is 70.5 Å². The largest absolute Gasteiger partial charge is 0.298 e. The molecule has 1 aliphatic rings. The van der Waals surface area contributed by atoms with Crippen LogP contribution in [0.15, 0.2) is 42.5 Å². The molecule has 3 heteroatoms. The molecule has 2 aromatic rings. The van der Waals surface area contributed by atoms with E-state index in [-0.39, 0.29) is 36.1 Å². The molecule has 0 amide bonds. The van der Waals surface area contributed by atoms with E-state index in [2.05, 4.69) is 0 Å². The number of hydrogen-bond donors (Lipinski definition) is 0. The Morgan fingerprint density at radius 2 is 1.62 bits per heavy atom. The molecule has 0 bridgehead atoms. The Hall–Kier alpha value is -2.29. The van der Waals surface area contributed by atoms with E-state index >= 15 is 0 Å². The predicted octanol–water partition coefficient (Wildman–Crippen LogP) is 4.96. The van der Waals surface area contributed by atoms with Gasteiger partial charge in [-0.15, -0.1) is 0 Å². The molecule has 1 fully saturated rings. The number of carbonyl (C=O) groups is 2. The first-order valence-electron chi connectivity index (χ1n) is 9.22. The third-order valence-electron chi connectivity index (χ3n) is 5.40. The summed E-state index contributed by atoms with van der Waals surface area (Å²) < 4.78 is 14.3. The second-order valence-electron chi connectivity index (χ2n) is 7.77. The van der Waals surface area contributed by atoms with Crippen LogP contribution >= 0.6 is 0 Å². The molecule has 26 heavy (non-hydrogen) atoms. The zero-order valence-corrected chi connectivity index (χ0v) is 15.6. The molecule has 0 aliphatic heterocycles. The quantitative estimate of drug-likeness (QED) is 0.660. The summed E-state index contributed by atoms with van der Waals surface area (Å²) in [6.45, 7) is 6.00. The highest BCUT2D eigenvalue weighted by Crippen LogP contribution is 2.48. The fourth-order valence-electron chi connectivity index (χ4n) is 3.31. The van der Waals surface area contributed by atoms with Crippen LogP contribution in [0.1, 0.15) is 54.9 Å². The van der Waals surface area contributed by atoms with Gasteiger partial charge in [-0.3, -0.25) is 9.59 Å². The number of hydrogen-bond acceptors (Lipinski definition) is 2. The van der Waals surface area contributed by atoms with Crippen LogP contribution in [0, 0.1) is 18.2 Å². The average molecular weight is 352 g/mol. The molecule has 2 aromatic carbocycles. The highest BCUT2D eigenvalue weighted by atomic mass is 19.1. The van der Waals surface area contributed by atoms with E-state index in [1.54, 1.807) is 6.07 Å². The number of carbonyl (C=O) groups excluding carboxylic acids is 2. The van der Waals surface area contributed by atoms with Crippen LogP contribution < -0.4 is 0 Å². The molecule has 1 saturated carbocycles. The molecular weight excluding hydrogens is 327 g/mol. The summed E-state index contributed by atoms with van der Waals surface area (Å²) in [5.74, 6) is -0.303. The molecule has 0 atom stereocenters. The van der Waals surface area contributed by atoms with Crippen molar-refractivity contribution >= 4 is 11.6 Å². The molecule has 3 rings (SSSR count). The third-order valence-corrected chi connectivity index (χ3v) is 5.40. The van der Waals surface area contributed by atoms with Crippen LogP contribution in [-0.2, 0) is 22.4 Å². The average Bonchev–Trinajstić information content (AvgIpc) is 3.40. The lowest BCUT2D eigenvalue weighted by atomic mass is 9.87. The van der Waals surface area contributed by atoms with E-state index in [4.69, 9.17) is 0 Å². The monoisotopic (exact) mass is 352 g/mol. The van der Waals surface area contributed by atoms with Gasteiger partial charge in [-0.05, 0) is 48.4 Å². The van der Waals surface area contributed by atoms with Crippen molar-refractivity contribution in [1.29, 1.82) is 0 Å². The van der Waals surface area contributed by atoms with Gasteiger partial charge >= 0.3 is 0 Å². The molecular formula is C23H25FO2. The fraction of sp³-hybridized carbons (Fsp3) is 0.391. The summed E-state index contributed by atoms with van der Waals surface area (Å²) >= 11 is 0. The van der Waals surface area contributed by atoms with Crippen molar-refractivity contribution in [2.45, 2.75) is 52.4 Å². The minimum atomic E-state index is -0.895. The van der Waals surface area contributed by atoms with Gasteiger partial charge in [-0.1, -0.05) is 55.8 Å². The van der Waals surface area contributed by atoms with Crippen molar-refractivity contribution in [2.24, 2.45) is 5.41 Å². The molecule has 0 N–H and O–H groups in total. The van der Waals surface area contributed by atoms with Gasteiger partial charge in [0.25, 0.3) is 0 Å². The van der Waals surface area contributed by atoms with Crippen molar-refractivity contribution in [2.75, 3.05) is 0 Å². The predicted molar refractivity (Wildman–Crippen MR) is 101 cm³/mol. The molecule has 0 heterocycles. The summed E-state index contributed by atoms with van der Waals surface area (Å²) in [4.78, 5) is 25.5. The molecule has 0 radical (unpaired) electrons. The van der Waals surface area contributed by atoms with Gasteiger partial charge in [0.1, 0.15) is 5.82 Å². The number of ketones is 2. The maximum absolute atomic E-state index is 14.3. The van der Waals surface area contributed by atoms with Crippen molar-refractivity contribution in [3.63, 3.8) is 0 Å². The van der Waals surface area contributed by atoms with Crippen LogP contribution in [0.2, 0.25) is 0 Å². The second kappa shape index (κ2) is 7.14. The van der Waals surface area contributed by atoms with E-state index in [0.717, 1.165) is 16.7 Å². The Kier molecular flexibility index (Phi) is 5.08. The molecule has 0 saturated heterocycles. The number of Topliss-reactive ketones (excluding diaryl/α,β-unsaturated/α-hetero) is 2. The number of halogens is 1.